The number of esters is 3. The summed E-state index contributed by atoms with van der Waals surface area (Å²) < 4.78 is 32.3. The van der Waals surface area contributed by atoms with Gasteiger partial charge in [0.15, 0.2) is 0 Å². The molecule has 0 aromatic heterocycles. The van der Waals surface area contributed by atoms with Gasteiger partial charge in [-0.15, -0.1) is 0 Å². The van der Waals surface area contributed by atoms with Crippen LogP contribution in [0.1, 0.15) is 31.1 Å². The molecule has 9 nitrogen and oxygen atoms in total. The molecule has 0 fully saturated rings. The lowest BCUT2D eigenvalue weighted by atomic mass is 10.2. The van der Waals surface area contributed by atoms with Crippen molar-refractivity contribution in [2.75, 3.05) is 21.3 Å². The Morgan fingerprint density at radius 3 is 0.949 bits per heavy atom. The third-order valence-electron chi connectivity index (χ3n) is 5.47. The van der Waals surface area contributed by atoms with Gasteiger partial charge in [-0.25, -0.2) is 14.4 Å². The van der Waals surface area contributed by atoms with Gasteiger partial charge in [0.05, 0.1) is 21.3 Å². The topological polar surface area (TPSA) is 107 Å². The highest BCUT2D eigenvalue weighted by atomic mass is 16.6. The molecule has 39 heavy (non-hydrogen) atoms. The minimum absolute atomic E-state index is 0.0425. The second-order valence-electron chi connectivity index (χ2n) is 7.91. The lowest BCUT2D eigenvalue weighted by molar-refractivity contribution is 0.0728. The molecule has 198 valence electrons. The van der Waals surface area contributed by atoms with Gasteiger partial charge in [-0.2, -0.15) is 0 Å². The predicted octanol–water partition coefficient (Wildman–Crippen LogP) is 5.37. The molecule has 0 aliphatic carbocycles. The molecule has 0 radical (unpaired) electrons. The molecule has 4 rings (SSSR count). The van der Waals surface area contributed by atoms with Gasteiger partial charge >= 0.3 is 17.9 Å². The van der Waals surface area contributed by atoms with Crippen LogP contribution < -0.4 is 28.4 Å². The van der Waals surface area contributed by atoms with Crippen LogP contribution in [0.25, 0.3) is 0 Å². The third-order valence-corrected chi connectivity index (χ3v) is 5.47. The maximum absolute atomic E-state index is 12.9. The number of carbonyl (C=O) groups excluding carboxylic acids is 3. The number of carbonyl (C=O) groups is 3. The summed E-state index contributed by atoms with van der Waals surface area (Å²) in [5.74, 6) is -1.40. The van der Waals surface area contributed by atoms with E-state index in [0.29, 0.717) is 17.2 Å². The van der Waals surface area contributed by atoms with Gasteiger partial charge < -0.3 is 28.4 Å². The molecular formula is C30H24O9. The predicted molar refractivity (Wildman–Crippen MR) is 140 cm³/mol. The summed E-state index contributed by atoms with van der Waals surface area (Å²) in [5, 5.41) is 0. The molecule has 0 aliphatic heterocycles. The van der Waals surface area contributed by atoms with Crippen LogP contribution in [-0.2, 0) is 0 Å². The van der Waals surface area contributed by atoms with E-state index in [1.54, 1.807) is 54.6 Å². The highest BCUT2D eigenvalue weighted by Crippen LogP contribution is 2.32. The fraction of sp³-hybridized carbons (Fsp3) is 0.100. The second kappa shape index (κ2) is 12.3. The van der Waals surface area contributed by atoms with Crippen LogP contribution >= 0.6 is 0 Å². The van der Waals surface area contributed by atoms with Crippen molar-refractivity contribution >= 4 is 17.9 Å². The molecule has 4 aromatic carbocycles. The molecule has 0 N–H and O–H groups in total. The Hall–Kier alpha value is -5.31. The minimum Gasteiger partial charge on any atom is -0.496 e. The lowest BCUT2D eigenvalue weighted by Gasteiger charge is -2.13. The molecule has 0 amide bonds. The number of ether oxygens (including phenoxy) is 6. The summed E-state index contributed by atoms with van der Waals surface area (Å²) in [7, 11) is 4.29. The first-order valence-electron chi connectivity index (χ1n) is 11.6. The lowest BCUT2D eigenvalue weighted by Crippen LogP contribution is -2.13. The van der Waals surface area contributed by atoms with Crippen molar-refractivity contribution in [1.29, 1.82) is 0 Å². The molecule has 9 heteroatoms. The number of para-hydroxylation sites is 3. The Morgan fingerprint density at radius 1 is 0.436 bits per heavy atom. The van der Waals surface area contributed by atoms with E-state index in [0.717, 1.165) is 0 Å². The SMILES string of the molecule is COc1ccccc1C(=O)Oc1cc(OC(=O)c2ccccc2OC)cc(OC(=O)c2ccccc2OC)c1. The van der Waals surface area contributed by atoms with Gasteiger partial charge in [0.2, 0.25) is 0 Å². The highest BCUT2D eigenvalue weighted by Gasteiger charge is 2.20. The molecule has 0 heterocycles. The quantitative estimate of drug-likeness (QED) is 0.209. The average molecular weight is 529 g/mol. The van der Waals surface area contributed by atoms with Gasteiger partial charge in [0, 0.05) is 18.2 Å². The zero-order valence-electron chi connectivity index (χ0n) is 21.3. The van der Waals surface area contributed by atoms with Crippen LogP contribution in [0.3, 0.4) is 0 Å². The van der Waals surface area contributed by atoms with Crippen molar-refractivity contribution in [3.05, 3.63) is 108 Å². The summed E-state index contributed by atoms with van der Waals surface area (Å²) in [6, 6.07) is 23.5. The van der Waals surface area contributed by atoms with Crippen LogP contribution in [0, 0.1) is 0 Å². The molecular weight excluding hydrogens is 504 g/mol. The zero-order valence-corrected chi connectivity index (χ0v) is 21.3. The number of hydrogen-bond acceptors (Lipinski definition) is 9. The van der Waals surface area contributed by atoms with Crippen molar-refractivity contribution in [2.45, 2.75) is 0 Å². The molecule has 4 aromatic rings. The molecule has 0 aliphatic rings. The van der Waals surface area contributed by atoms with Crippen LogP contribution in [0.4, 0.5) is 0 Å². The molecule has 0 atom stereocenters. The fourth-order valence-corrected chi connectivity index (χ4v) is 3.65. The Balaban J connectivity index is 1.67. The van der Waals surface area contributed by atoms with Crippen LogP contribution in [0.5, 0.6) is 34.5 Å². The van der Waals surface area contributed by atoms with Crippen LogP contribution in [0.15, 0.2) is 91.0 Å². The fourth-order valence-electron chi connectivity index (χ4n) is 3.65. The molecule has 0 unspecified atom stereocenters. The third kappa shape index (κ3) is 6.34. The Labute approximate surface area is 224 Å². The van der Waals surface area contributed by atoms with E-state index in [2.05, 4.69) is 0 Å². The van der Waals surface area contributed by atoms with Crippen molar-refractivity contribution in [1.82, 2.24) is 0 Å². The van der Waals surface area contributed by atoms with Gasteiger partial charge in [-0.05, 0) is 36.4 Å². The van der Waals surface area contributed by atoms with E-state index in [4.69, 9.17) is 28.4 Å². The summed E-state index contributed by atoms with van der Waals surface area (Å²) >= 11 is 0. The normalized spacial score (nSPS) is 10.2. The zero-order chi connectivity index (χ0) is 27.8. The van der Waals surface area contributed by atoms with E-state index >= 15 is 0 Å². The standard InChI is InChI=1S/C30H24O9/c1-34-25-13-7-4-10-22(25)28(31)37-19-16-20(38-29(32)23-11-5-8-14-26(23)35-2)18-21(17-19)39-30(33)24-12-6-9-15-27(24)36-3/h4-18H,1-3H3. The van der Waals surface area contributed by atoms with Crippen molar-refractivity contribution in [3.63, 3.8) is 0 Å². The first-order chi connectivity index (χ1) is 18.9. The van der Waals surface area contributed by atoms with E-state index in [9.17, 15) is 14.4 Å². The molecule has 0 saturated carbocycles. The van der Waals surface area contributed by atoms with Crippen LogP contribution in [0.2, 0.25) is 0 Å². The Morgan fingerprint density at radius 2 is 0.692 bits per heavy atom. The number of methoxy groups -OCH3 is 3. The van der Waals surface area contributed by atoms with Gasteiger partial charge in [0.25, 0.3) is 0 Å². The summed E-state index contributed by atoms with van der Waals surface area (Å²) in [6.07, 6.45) is 0. The smallest absolute Gasteiger partial charge is 0.347 e. The van der Waals surface area contributed by atoms with Crippen molar-refractivity contribution in [3.8, 4) is 34.5 Å². The summed E-state index contributed by atoms with van der Waals surface area (Å²) in [5.41, 5.74) is 0.511. The van der Waals surface area contributed by atoms with Gasteiger partial charge in [-0.3, -0.25) is 0 Å². The minimum atomic E-state index is -0.734. The number of hydrogen-bond donors (Lipinski definition) is 0. The Bertz CT molecular complexity index is 1320. The highest BCUT2D eigenvalue weighted by molar-refractivity contribution is 5.96. The largest absolute Gasteiger partial charge is 0.496 e. The number of rotatable bonds is 9. The van der Waals surface area contributed by atoms with Crippen molar-refractivity contribution < 1.29 is 42.8 Å². The monoisotopic (exact) mass is 528 g/mol. The molecule has 0 saturated heterocycles. The van der Waals surface area contributed by atoms with E-state index in [1.165, 1.54) is 57.7 Å². The van der Waals surface area contributed by atoms with E-state index < -0.39 is 17.9 Å². The molecule has 0 spiro atoms. The first-order valence-corrected chi connectivity index (χ1v) is 11.6. The first kappa shape index (κ1) is 26.7. The summed E-state index contributed by atoms with van der Waals surface area (Å²) in [4.78, 5) is 38.8. The molecule has 0 bridgehead atoms. The second-order valence-corrected chi connectivity index (χ2v) is 7.91. The maximum Gasteiger partial charge on any atom is 0.347 e. The average Bonchev–Trinajstić information content (AvgIpc) is 2.96. The number of benzene rings is 4. The van der Waals surface area contributed by atoms with E-state index in [1.807, 2.05) is 0 Å². The van der Waals surface area contributed by atoms with Crippen LogP contribution in [-0.4, -0.2) is 39.2 Å². The maximum atomic E-state index is 12.9. The van der Waals surface area contributed by atoms with E-state index in [-0.39, 0.29) is 33.9 Å². The van der Waals surface area contributed by atoms with Gasteiger partial charge in [0.1, 0.15) is 51.2 Å². The Kier molecular flexibility index (Phi) is 8.43. The van der Waals surface area contributed by atoms with Crippen molar-refractivity contribution in [2.24, 2.45) is 0 Å². The van der Waals surface area contributed by atoms with Gasteiger partial charge in [-0.1, -0.05) is 36.4 Å². The summed E-state index contributed by atoms with van der Waals surface area (Å²) in [6.45, 7) is 0.